The highest BCUT2D eigenvalue weighted by atomic mass is 35.5. The molecule has 0 aliphatic carbocycles. The zero-order chi connectivity index (χ0) is 16.5. The van der Waals surface area contributed by atoms with Crippen molar-refractivity contribution in [1.82, 2.24) is 14.5 Å². The van der Waals surface area contributed by atoms with Gasteiger partial charge in [0.2, 0.25) is 5.78 Å². The second kappa shape index (κ2) is 6.34. The lowest BCUT2D eigenvalue weighted by Crippen LogP contribution is -2.14. The van der Waals surface area contributed by atoms with Gasteiger partial charge in [-0.25, -0.2) is 9.97 Å². The van der Waals surface area contributed by atoms with Crippen LogP contribution in [0.15, 0.2) is 42.9 Å². The van der Waals surface area contributed by atoms with E-state index in [9.17, 15) is 4.79 Å². The molecule has 3 heterocycles. The molecule has 0 spiro atoms. The number of hydrogen-bond acceptors (Lipinski definition) is 4. The maximum atomic E-state index is 12.9. The van der Waals surface area contributed by atoms with Crippen LogP contribution in [0.3, 0.4) is 0 Å². The molecule has 1 aliphatic heterocycles. The van der Waals surface area contributed by atoms with Crippen LogP contribution >= 0.6 is 11.6 Å². The van der Waals surface area contributed by atoms with Gasteiger partial charge in [0.05, 0.1) is 6.10 Å². The van der Waals surface area contributed by atoms with Crippen molar-refractivity contribution < 1.29 is 9.53 Å². The molecule has 1 unspecified atom stereocenters. The summed E-state index contributed by atoms with van der Waals surface area (Å²) in [6.07, 6.45) is 5.55. The third kappa shape index (κ3) is 2.81. The van der Waals surface area contributed by atoms with Gasteiger partial charge >= 0.3 is 0 Å². The summed E-state index contributed by atoms with van der Waals surface area (Å²) in [7, 11) is 0. The number of benzene rings is 1. The molecule has 3 aromatic rings. The fourth-order valence-electron chi connectivity index (χ4n) is 3.18. The van der Waals surface area contributed by atoms with Gasteiger partial charge in [0, 0.05) is 41.9 Å². The summed E-state index contributed by atoms with van der Waals surface area (Å²) in [5, 5.41) is 1.17. The molecule has 5 nitrogen and oxygen atoms in total. The van der Waals surface area contributed by atoms with Crippen LogP contribution in [-0.4, -0.2) is 33.0 Å². The quantitative estimate of drug-likeness (QED) is 0.538. The van der Waals surface area contributed by atoms with Gasteiger partial charge in [0.1, 0.15) is 17.2 Å². The molecular formula is C18H16ClN3O2. The molecule has 1 saturated heterocycles. The van der Waals surface area contributed by atoms with Crippen molar-refractivity contribution >= 4 is 28.3 Å². The Hall–Kier alpha value is -2.24. The van der Waals surface area contributed by atoms with Crippen molar-refractivity contribution in [1.29, 1.82) is 0 Å². The first-order valence-electron chi connectivity index (χ1n) is 7.94. The van der Waals surface area contributed by atoms with Crippen LogP contribution in [-0.2, 0) is 11.3 Å². The average molecular weight is 342 g/mol. The van der Waals surface area contributed by atoms with Crippen LogP contribution < -0.4 is 0 Å². The largest absolute Gasteiger partial charge is 0.376 e. The smallest absolute Gasteiger partial charge is 0.213 e. The van der Waals surface area contributed by atoms with Crippen molar-refractivity contribution in [2.45, 2.75) is 25.5 Å². The van der Waals surface area contributed by atoms with E-state index in [0.717, 1.165) is 36.9 Å². The molecule has 24 heavy (non-hydrogen) atoms. The maximum absolute atomic E-state index is 12.9. The number of halogens is 1. The Morgan fingerprint density at radius 2 is 2.21 bits per heavy atom. The van der Waals surface area contributed by atoms with Crippen LogP contribution in [0.1, 0.15) is 28.9 Å². The zero-order valence-electron chi connectivity index (χ0n) is 13.0. The van der Waals surface area contributed by atoms with Crippen molar-refractivity contribution in [3.05, 3.63) is 59.3 Å². The highest BCUT2D eigenvalue weighted by molar-refractivity contribution is 6.30. The number of rotatable bonds is 4. The van der Waals surface area contributed by atoms with E-state index >= 15 is 0 Å². The predicted octanol–water partition coefficient (Wildman–Crippen LogP) is 3.49. The SMILES string of the molecule is O=C(c1cc(Cl)ncn1)c1cn(CC2CCCO2)c2ccccc12. The molecule has 2 aromatic heterocycles. The van der Waals surface area contributed by atoms with Gasteiger partial charge in [-0.3, -0.25) is 4.79 Å². The molecule has 1 aliphatic rings. The number of nitrogens with zero attached hydrogens (tertiary/aromatic N) is 3. The summed E-state index contributed by atoms with van der Waals surface area (Å²) in [6, 6.07) is 9.38. The molecule has 1 fully saturated rings. The number of fused-ring (bicyclic) bond motifs is 1. The number of ketones is 1. The second-order valence-corrected chi connectivity index (χ2v) is 6.29. The van der Waals surface area contributed by atoms with Crippen molar-refractivity contribution in [2.24, 2.45) is 0 Å². The van der Waals surface area contributed by atoms with Gasteiger partial charge in [0.25, 0.3) is 0 Å². The average Bonchev–Trinajstić information content (AvgIpc) is 3.23. The lowest BCUT2D eigenvalue weighted by Gasteiger charge is -2.11. The van der Waals surface area contributed by atoms with E-state index in [1.165, 1.54) is 12.4 Å². The topological polar surface area (TPSA) is 57.0 Å². The van der Waals surface area contributed by atoms with Crippen LogP contribution in [0.2, 0.25) is 5.15 Å². The first kappa shape index (κ1) is 15.3. The zero-order valence-corrected chi connectivity index (χ0v) is 13.7. The summed E-state index contributed by atoms with van der Waals surface area (Å²) in [5.74, 6) is -0.151. The van der Waals surface area contributed by atoms with E-state index in [1.807, 2.05) is 30.5 Å². The highest BCUT2D eigenvalue weighted by Crippen LogP contribution is 2.25. The van der Waals surface area contributed by atoms with Gasteiger partial charge in [0.15, 0.2) is 0 Å². The summed E-state index contributed by atoms with van der Waals surface area (Å²) >= 11 is 5.89. The Morgan fingerprint density at radius 1 is 1.33 bits per heavy atom. The standard InChI is InChI=1S/C18H16ClN3O2/c19-17-8-15(20-11-21-17)18(23)14-10-22(9-12-4-3-7-24-12)16-6-2-1-5-13(14)16/h1-2,5-6,8,10-12H,3-4,7,9H2. The molecule has 0 saturated carbocycles. The van der Waals surface area contributed by atoms with E-state index < -0.39 is 0 Å². The molecule has 4 rings (SSSR count). The van der Waals surface area contributed by atoms with Crippen LogP contribution in [0, 0.1) is 0 Å². The monoisotopic (exact) mass is 341 g/mol. The maximum Gasteiger partial charge on any atom is 0.213 e. The van der Waals surface area contributed by atoms with E-state index in [4.69, 9.17) is 16.3 Å². The van der Waals surface area contributed by atoms with E-state index in [0.29, 0.717) is 11.3 Å². The lowest BCUT2D eigenvalue weighted by atomic mass is 10.1. The fourth-order valence-corrected chi connectivity index (χ4v) is 3.33. The summed E-state index contributed by atoms with van der Waals surface area (Å²) in [4.78, 5) is 20.8. The molecule has 122 valence electrons. The Kier molecular flexibility index (Phi) is 4.04. The van der Waals surface area contributed by atoms with Crippen LogP contribution in [0.5, 0.6) is 0 Å². The normalized spacial score (nSPS) is 17.5. The Balaban J connectivity index is 1.76. The third-order valence-electron chi connectivity index (χ3n) is 4.32. The minimum Gasteiger partial charge on any atom is -0.376 e. The molecule has 0 radical (unpaired) electrons. The van der Waals surface area contributed by atoms with Gasteiger partial charge < -0.3 is 9.30 Å². The Bertz CT molecular complexity index is 900. The van der Waals surface area contributed by atoms with E-state index in [2.05, 4.69) is 14.5 Å². The number of para-hydroxylation sites is 1. The van der Waals surface area contributed by atoms with Crippen molar-refractivity contribution in [3.63, 3.8) is 0 Å². The van der Waals surface area contributed by atoms with Crippen molar-refractivity contribution in [2.75, 3.05) is 6.61 Å². The van der Waals surface area contributed by atoms with Gasteiger partial charge in [-0.15, -0.1) is 0 Å². The highest BCUT2D eigenvalue weighted by Gasteiger charge is 2.21. The minimum absolute atomic E-state index is 0.151. The van der Waals surface area contributed by atoms with Gasteiger partial charge in [-0.1, -0.05) is 29.8 Å². The number of ether oxygens (including phenoxy) is 1. The summed E-state index contributed by atoms with van der Waals surface area (Å²) in [5.41, 5.74) is 1.95. The molecular weight excluding hydrogens is 326 g/mol. The number of hydrogen-bond donors (Lipinski definition) is 0. The first-order valence-corrected chi connectivity index (χ1v) is 8.32. The number of carbonyl (C=O) groups excluding carboxylic acids is 1. The summed E-state index contributed by atoms with van der Waals surface area (Å²) < 4.78 is 7.83. The molecule has 0 amide bonds. The number of aromatic nitrogens is 3. The Labute approximate surface area is 144 Å². The molecule has 6 heteroatoms. The fraction of sp³-hybridized carbons (Fsp3) is 0.278. The lowest BCUT2D eigenvalue weighted by molar-refractivity contribution is 0.0975. The molecule has 1 atom stereocenters. The third-order valence-corrected chi connectivity index (χ3v) is 4.53. The van der Waals surface area contributed by atoms with Gasteiger partial charge in [-0.05, 0) is 18.9 Å². The van der Waals surface area contributed by atoms with E-state index in [-0.39, 0.29) is 17.0 Å². The minimum atomic E-state index is -0.151. The van der Waals surface area contributed by atoms with Gasteiger partial charge in [-0.2, -0.15) is 0 Å². The van der Waals surface area contributed by atoms with Crippen LogP contribution in [0.25, 0.3) is 10.9 Å². The van der Waals surface area contributed by atoms with Crippen molar-refractivity contribution in [3.8, 4) is 0 Å². The molecule has 0 bridgehead atoms. The number of carbonyl (C=O) groups is 1. The second-order valence-electron chi connectivity index (χ2n) is 5.90. The van der Waals surface area contributed by atoms with Crippen LogP contribution in [0.4, 0.5) is 0 Å². The van der Waals surface area contributed by atoms with E-state index in [1.54, 1.807) is 0 Å². The Morgan fingerprint density at radius 3 is 3.00 bits per heavy atom. The summed E-state index contributed by atoms with van der Waals surface area (Å²) in [6.45, 7) is 1.56. The molecule has 0 N–H and O–H groups in total. The first-order chi connectivity index (χ1) is 11.7. The predicted molar refractivity (Wildman–Crippen MR) is 91.4 cm³/mol. The molecule has 1 aromatic carbocycles.